The lowest BCUT2D eigenvalue weighted by molar-refractivity contribution is 0.187. The van der Waals surface area contributed by atoms with Gasteiger partial charge < -0.3 is 24.5 Å². The van der Waals surface area contributed by atoms with Crippen molar-refractivity contribution in [2.24, 2.45) is 16.8 Å². The summed E-state index contributed by atoms with van der Waals surface area (Å²) in [7, 11) is 0. The number of benzene rings is 1. The van der Waals surface area contributed by atoms with Gasteiger partial charge in [-0.3, -0.25) is 4.99 Å². The van der Waals surface area contributed by atoms with Gasteiger partial charge in [0.1, 0.15) is 11.5 Å². The fraction of sp³-hybridized carbons (Fsp3) is 0.542. The highest BCUT2D eigenvalue weighted by atomic mass is 127. The maximum atomic E-state index is 5.79. The molecule has 0 spiro atoms. The largest absolute Gasteiger partial charge is 0.493 e. The molecule has 1 saturated heterocycles. The van der Waals surface area contributed by atoms with E-state index in [4.69, 9.17) is 18.9 Å². The van der Waals surface area contributed by atoms with Gasteiger partial charge in [-0.2, -0.15) is 0 Å². The van der Waals surface area contributed by atoms with Crippen LogP contribution in [0.25, 0.3) is 0 Å². The zero-order valence-corrected chi connectivity index (χ0v) is 21.1. The van der Waals surface area contributed by atoms with Crippen LogP contribution in [-0.4, -0.2) is 38.9 Å². The smallest absolute Gasteiger partial charge is 0.191 e. The van der Waals surface area contributed by atoms with E-state index in [-0.39, 0.29) is 30.0 Å². The first-order valence-electron chi connectivity index (χ1n) is 11.0. The molecule has 1 fully saturated rings. The lowest BCUT2D eigenvalue weighted by atomic mass is 10.1. The van der Waals surface area contributed by atoms with Crippen molar-refractivity contribution in [1.82, 2.24) is 10.6 Å². The van der Waals surface area contributed by atoms with Gasteiger partial charge in [-0.05, 0) is 49.1 Å². The molecule has 31 heavy (non-hydrogen) atoms. The van der Waals surface area contributed by atoms with Crippen molar-refractivity contribution >= 4 is 29.9 Å². The number of ether oxygens (including phenoxy) is 2. The fourth-order valence-corrected chi connectivity index (χ4v) is 3.26. The highest BCUT2D eigenvalue weighted by Gasteiger charge is 2.16. The Morgan fingerprint density at radius 2 is 2.00 bits per heavy atom. The Morgan fingerprint density at radius 1 is 1.19 bits per heavy atom. The first-order chi connectivity index (χ1) is 14.6. The van der Waals surface area contributed by atoms with Gasteiger partial charge >= 0.3 is 0 Å². The monoisotopic (exact) mass is 541 g/mol. The van der Waals surface area contributed by atoms with Crippen molar-refractivity contribution in [3.63, 3.8) is 0 Å². The van der Waals surface area contributed by atoms with Crippen LogP contribution in [0, 0.1) is 11.8 Å². The van der Waals surface area contributed by atoms with E-state index in [0.717, 1.165) is 63.2 Å². The summed E-state index contributed by atoms with van der Waals surface area (Å²) in [6.07, 6.45) is 3.60. The molecule has 1 aliphatic rings. The molecule has 2 unspecified atom stereocenters. The number of guanidine groups is 1. The van der Waals surface area contributed by atoms with Crippen LogP contribution in [0.15, 0.2) is 52.1 Å². The number of halogens is 1. The van der Waals surface area contributed by atoms with Crippen LogP contribution >= 0.6 is 24.0 Å². The Kier molecular flexibility index (Phi) is 11.2. The van der Waals surface area contributed by atoms with Gasteiger partial charge in [-0.1, -0.05) is 26.0 Å². The van der Waals surface area contributed by atoms with Crippen LogP contribution in [-0.2, 0) is 11.2 Å². The van der Waals surface area contributed by atoms with Gasteiger partial charge in [-0.15, -0.1) is 24.0 Å². The van der Waals surface area contributed by atoms with E-state index in [1.54, 1.807) is 6.26 Å². The second kappa shape index (κ2) is 13.6. The summed E-state index contributed by atoms with van der Waals surface area (Å²) in [5.41, 5.74) is 1.19. The van der Waals surface area contributed by atoms with E-state index < -0.39 is 0 Å². The van der Waals surface area contributed by atoms with Gasteiger partial charge in [0.05, 0.1) is 25.5 Å². The molecule has 0 radical (unpaired) electrons. The summed E-state index contributed by atoms with van der Waals surface area (Å²) in [6, 6.07) is 12.3. The Labute approximate surface area is 203 Å². The molecule has 0 bridgehead atoms. The normalized spacial score (nSPS) is 17.3. The number of rotatable bonds is 10. The predicted octanol–water partition coefficient (Wildman–Crippen LogP) is 4.81. The van der Waals surface area contributed by atoms with Crippen molar-refractivity contribution < 1.29 is 13.9 Å². The van der Waals surface area contributed by atoms with Crippen molar-refractivity contribution in [2.75, 3.05) is 32.9 Å². The summed E-state index contributed by atoms with van der Waals surface area (Å²) in [5, 5.41) is 6.97. The van der Waals surface area contributed by atoms with Crippen LogP contribution in [0.2, 0.25) is 0 Å². The van der Waals surface area contributed by atoms with E-state index in [1.807, 2.05) is 24.3 Å². The van der Waals surface area contributed by atoms with E-state index in [1.165, 1.54) is 5.56 Å². The van der Waals surface area contributed by atoms with E-state index in [0.29, 0.717) is 11.8 Å². The minimum absolute atomic E-state index is 0. The van der Waals surface area contributed by atoms with Gasteiger partial charge in [0.15, 0.2) is 5.96 Å². The molecule has 1 aromatic heterocycles. The number of hydrogen-bond donors (Lipinski definition) is 2. The summed E-state index contributed by atoms with van der Waals surface area (Å²) in [5.74, 6) is 3.71. The number of aliphatic imine (C=N–C) groups is 1. The minimum atomic E-state index is 0. The van der Waals surface area contributed by atoms with Crippen molar-refractivity contribution in [2.45, 2.75) is 39.7 Å². The molecule has 0 aliphatic carbocycles. The first kappa shape index (κ1) is 25.5. The average Bonchev–Trinajstić information content (AvgIpc) is 3.45. The van der Waals surface area contributed by atoms with Crippen molar-refractivity contribution in [1.29, 1.82) is 0 Å². The topological polar surface area (TPSA) is 68.0 Å². The summed E-state index contributed by atoms with van der Waals surface area (Å²) in [4.78, 5) is 4.82. The maximum Gasteiger partial charge on any atom is 0.191 e. The highest BCUT2D eigenvalue weighted by molar-refractivity contribution is 14.0. The molecule has 6 nitrogen and oxygen atoms in total. The minimum Gasteiger partial charge on any atom is -0.493 e. The summed E-state index contributed by atoms with van der Waals surface area (Å²) >= 11 is 0. The molecule has 2 N–H and O–H groups in total. The van der Waals surface area contributed by atoms with Crippen LogP contribution in [0.4, 0.5) is 0 Å². The van der Waals surface area contributed by atoms with Crippen molar-refractivity contribution in [3.05, 3.63) is 54.0 Å². The molecule has 0 amide bonds. The molecule has 172 valence electrons. The highest BCUT2D eigenvalue weighted by Crippen LogP contribution is 2.18. The lowest BCUT2D eigenvalue weighted by Crippen LogP contribution is -2.40. The number of nitrogens with zero attached hydrogens (tertiary/aromatic N) is 1. The first-order valence-corrected chi connectivity index (χ1v) is 11.0. The summed E-state index contributed by atoms with van der Waals surface area (Å²) < 4.78 is 16.7. The molecule has 7 heteroatoms. The Balaban J connectivity index is 0.00000341. The van der Waals surface area contributed by atoms with Crippen molar-refractivity contribution in [3.8, 4) is 5.75 Å². The fourth-order valence-electron chi connectivity index (χ4n) is 3.26. The Bertz CT molecular complexity index is 757. The SMILES string of the molecule is CC(C)COc1ccc(C(C)NC(=NCC2CCOC2)NCCc2ccco2)cc1.I. The third-order valence-electron chi connectivity index (χ3n) is 5.09. The van der Waals surface area contributed by atoms with E-state index in [9.17, 15) is 0 Å². The number of hydrogen-bond acceptors (Lipinski definition) is 4. The predicted molar refractivity (Wildman–Crippen MR) is 135 cm³/mol. The molecule has 1 aliphatic heterocycles. The van der Waals surface area contributed by atoms with Crippen LogP contribution in [0.5, 0.6) is 5.75 Å². The molecule has 2 heterocycles. The third kappa shape index (κ3) is 9.11. The van der Waals surface area contributed by atoms with Crippen LogP contribution in [0.3, 0.4) is 0 Å². The molecular formula is C24H36IN3O3. The molecule has 2 atom stereocenters. The van der Waals surface area contributed by atoms with Gasteiger partial charge in [0.2, 0.25) is 0 Å². The lowest BCUT2D eigenvalue weighted by Gasteiger charge is -2.19. The van der Waals surface area contributed by atoms with E-state index in [2.05, 4.69) is 43.5 Å². The quantitative estimate of drug-likeness (QED) is 0.257. The van der Waals surface area contributed by atoms with Crippen LogP contribution < -0.4 is 15.4 Å². The van der Waals surface area contributed by atoms with Gasteiger partial charge in [-0.25, -0.2) is 0 Å². The number of furan rings is 1. The molecule has 1 aromatic carbocycles. The summed E-state index contributed by atoms with van der Waals surface area (Å²) in [6.45, 7) is 10.4. The standard InChI is InChI=1S/C24H35N3O3.HI/c1-18(2)16-30-23-8-6-21(7-9-23)19(3)27-24(26-15-20-11-14-28-17-20)25-12-10-22-5-4-13-29-22;/h4-9,13,18-20H,10-12,14-17H2,1-3H3,(H2,25,26,27);1H. The zero-order chi connectivity index (χ0) is 21.2. The zero-order valence-electron chi connectivity index (χ0n) is 18.8. The number of nitrogens with one attached hydrogen (secondary N) is 2. The Morgan fingerprint density at radius 3 is 2.65 bits per heavy atom. The van der Waals surface area contributed by atoms with E-state index >= 15 is 0 Å². The van der Waals surface area contributed by atoms with Gasteiger partial charge in [0.25, 0.3) is 0 Å². The molecule has 0 saturated carbocycles. The molecular weight excluding hydrogens is 505 g/mol. The van der Waals surface area contributed by atoms with Gasteiger partial charge in [0, 0.05) is 32.0 Å². The third-order valence-corrected chi connectivity index (χ3v) is 5.09. The maximum absolute atomic E-state index is 5.79. The second-order valence-corrected chi connectivity index (χ2v) is 8.31. The average molecular weight is 541 g/mol. The Hall–Kier alpha value is -1.74. The molecule has 3 rings (SSSR count). The second-order valence-electron chi connectivity index (χ2n) is 8.31. The van der Waals surface area contributed by atoms with Crippen LogP contribution in [0.1, 0.15) is 44.6 Å². The molecule has 2 aromatic rings.